The first-order valence-electron chi connectivity index (χ1n) is 5.18. The molecule has 0 unspecified atom stereocenters. The number of esters is 1. The summed E-state index contributed by atoms with van der Waals surface area (Å²) < 4.78 is 4.73. The summed E-state index contributed by atoms with van der Waals surface area (Å²) >= 11 is 0. The molecular formula is C12H13N3O2. The zero-order valence-corrected chi connectivity index (χ0v) is 9.51. The number of ether oxygens (including phenoxy) is 1. The van der Waals surface area contributed by atoms with Crippen LogP contribution in [0, 0.1) is 11.3 Å². The summed E-state index contributed by atoms with van der Waals surface area (Å²) in [6.45, 7) is 2.11. The van der Waals surface area contributed by atoms with Crippen LogP contribution in [-0.2, 0) is 9.53 Å². The van der Waals surface area contributed by atoms with Crippen molar-refractivity contribution in [1.29, 1.82) is 5.26 Å². The van der Waals surface area contributed by atoms with Gasteiger partial charge in [0.2, 0.25) is 0 Å². The maximum absolute atomic E-state index is 11.0. The van der Waals surface area contributed by atoms with Crippen LogP contribution in [-0.4, -0.2) is 24.1 Å². The molecule has 0 aliphatic heterocycles. The lowest BCUT2D eigenvalue weighted by atomic mass is 10.2. The number of hydrogen-bond donors (Lipinski definition) is 1. The third kappa shape index (κ3) is 4.34. The van der Waals surface area contributed by atoms with E-state index in [2.05, 4.69) is 10.3 Å². The average molecular weight is 231 g/mol. The minimum Gasteiger partial charge on any atom is -0.465 e. The van der Waals surface area contributed by atoms with Crippen LogP contribution in [0.15, 0.2) is 30.6 Å². The summed E-state index contributed by atoms with van der Waals surface area (Å²) in [6.07, 6.45) is 3.06. The zero-order valence-electron chi connectivity index (χ0n) is 9.51. The van der Waals surface area contributed by atoms with Crippen molar-refractivity contribution in [1.82, 2.24) is 10.3 Å². The first kappa shape index (κ1) is 12.7. The predicted octanol–water partition coefficient (Wildman–Crippen LogP) is 1.10. The first-order valence-corrected chi connectivity index (χ1v) is 5.18. The number of nitriles is 1. The summed E-state index contributed by atoms with van der Waals surface area (Å²) in [5.74, 6) is -0.359. The standard InChI is InChI=1S/C12H13N3O2/c1-2-17-12(16)9-14-8-10(7-13)11-5-3-4-6-15-11/h3-6,8,14H,2,9H2,1H3/b10-8-. The fraction of sp³-hybridized carbons (Fsp3) is 0.250. The van der Waals surface area contributed by atoms with Crippen molar-refractivity contribution in [2.24, 2.45) is 0 Å². The fourth-order valence-electron chi connectivity index (χ4n) is 1.13. The van der Waals surface area contributed by atoms with E-state index in [-0.39, 0.29) is 12.5 Å². The van der Waals surface area contributed by atoms with Crippen LogP contribution in [0.1, 0.15) is 12.6 Å². The number of pyridine rings is 1. The van der Waals surface area contributed by atoms with Crippen LogP contribution in [0.5, 0.6) is 0 Å². The highest BCUT2D eigenvalue weighted by Gasteiger charge is 2.02. The quantitative estimate of drug-likeness (QED) is 0.606. The molecule has 88 valence electrons. The van der Waals surface area contributed by atoms with E-state index in [1.54, 1.807) is 31.3 Å². The smallest absolute Gasteiger partial charge is 0.325 e. The molecule has 0 radical (unpaired) electrons. The highest BCUT2D eigenvalue weighted by Crippen LogP contribution is 2.07. The van der Waals surface area contributed by atoms with Gasteiger partial charge in [-0.3, -0.25) is 9.78 Å². The minimum absolute atomic E-state index is 0.0336. The SMILES string of the molecule is CCOC(=O)CN/C=C(/C#N)c1ccccn1. The van der Waals surface area contributed by atoms with Crippen LogP contribution in [0.2, 0.25) is 0 Å². The molecule has 1 aromatic heterocycles. The molecule has 0 spiro atoms. The summed E-state index contributed by atoms with van der Waals surface area (Å²) in [4.78, 5) is 15.1. The highest BCUT2D eigenvalue weighted by molar-refractivity contribution is 5.75. The van der Waals surface area contributed by atoms with Gasteiger partial charge < -0.3 is 10.1 Å². The van der Waals surface area contributed by atoms with E-state index < -0.39 is 0 Å². The number of carbonyl (C=O) groups excluding carboxylic acids is 1. The molecule has 0 aliphatic rings. The molecule has 0 bridgehead atoms. The Hall–Kier alpha value is -2.35. The Kier molecular flexibility index (Phi) is 5.25. The van der Waals surface area contributed by atoms with Crippen molar-refractivity contribution in [3.8, 4) is 6.07 Å². The van der Waals surface area contributed by atoms with Crippen LogP contribution in [0.4, 0.5) is 0 Å². The van der Waals surface area contributed by atoms with E-state index in [0.717, 1.165) is 0 Å². The van der Waals surface area contributed by atoms with Gasteiger partial charge in [-0.15, -0.1) is 0 Å². The molecule has 1 N–H and O–H groups in total. The molecule has 0 aromatic carbocycles. The van der Waals surface area contributed by atoms with Crippen LogP contribution in [0.3, 0.4) is 0 Å². The number of aromatic nitrogens is 1. The molecule has 1 rings (SSSR count). The monoisotopic (exact) mass is 231 g/mol. The molecule has 1 heterocycles. The molecule has 0 atom stereocenters. The third-order valence-electron chi connectivity index (χ3n) is 1.86. The number of rotatable bonds is 5. The van der Waals surface area contributed by atoms with Crippen molar-refractivity contribution in [2.75, 3.05) is 13.2 Å². The Balaban J connectivity index is 2.58. The van der Waals surface area contributed by atoms with E-state index in [1.807, 2.05) is 6.07 Å². The number of nitrogens with one attached hydrogen (secondary N) is 1. The van der Waals surface area contributed by atoms with Gasteiger partial charge in [0.15, 0.2) is 0 Å². The second kappa shape index (κ2) is 7.01. The summed E-state index contributed by atoms with van der Waals surface area (Å²) in [5.41, 5.74) is 0.932. The third-order valence-corrected chi connectivity index (χ3v) is 1.86. The molecule has 5 heteroatoms. The molecule has 0 amide bonds. The Morgan fingerprint density at radius 2 is 2.47 bits per heavy atom. The largest absolute Gasteiger partial charge is 0.465 e. The maximum Gasteiger partial charge on any atom is 0.325 e. The Labute approximate surface area is 99.7 Å². The van der Waals surface area contributed by atoms with E-state index in [0.29, 0.717) is 17.9 Å². The average Bonchev–Trinajstić information content (AvgIpc) is 2.36. The van der Waals surface area contributed by atoms with Gasteiger partial charge in [-0.05, 0) is 19.1 Å². The van der Waals surface area contributed by atoms with Gasteiger partial charge in [-0.1, -0.05) is 6.07 Å². The Bertz CT molecular complexity index is 435. The topological polar surface area (TPSA) is 75.0 Å². The fourth-order valence-corrected chi connectivity index (χ4v) is 1.13. The second-order valence-corrected chi connectivity index (χ2v) is 3.07. The van der Waals surface area contributed by atoms with Crippen LogP contribution >= 0.6 is 0 Å². The van der Waals surface area contributed by atoms with Gasteiger partial charge in [-0.2, -0.15) is 5.26 Å². The number of carbonyl (C=O) groups is 1. The summed E-state index contributed by atoms with van der Waals surface area (Å²) in [6, 6.07) is 7.29. The van der Waals surface area contributed by atoms with Crippen molar-refractivity contribution < 1.29 is 9.53 Å². The molecule has 1 aromatic rings. The molecule has 0 saturated carbocycles. The van der Waals surface area contributed by atoms with Crippen LogP contribution in [0.25, 0.3) is 5.57 Å². The van der Waals surface area contributed by atoms with Crippen LogP contribution < -0.4 is 5.32 Å². The molecule has 0 saturated heterocycles. The van der Waals surface area contributed by atoms with E-state index >= 15 is 0 Å². The van der Waals surface area contributed by atoms with Gasteiger partial charge in [0.1, 0.15) is 12.6 Å². The van der Waals surface area contributed by atoms with Gasteiger partial charge in [0, 0.05) is 12.4 Å². The maximum atomic E-state index is 11.0. The van der Waals surface area contributed by atoms with Crippen molar-refractivity contribution >= 4 is 11.5 Å². The van der Waals surface area contributed by atoms with Gasteiger partial charge in [-0.25, -0.2) is 0 Å². The lowest BCUT2D eigenvalue weighted by molar-refractivity contribution is -0.141. The number of nitrogens with zero attached hydrogens (tertiary/aromatic N) is 2. The van der Waals surface area contributed by atoms with Crippen molar-refractivity contribution in [2.45, 2.75) is 6.92 Å². The molecule has 5 nitrogen and oxygen atoms in total. The summed E-state index contributed by atoms with van der Waals surface area (Å²) in [7, 11) is 0. The zero-order chi connectivity index (χ0) is 12.5. The molecule has 17 heavy (non-hydrogen) atoms. The van der Waals surface area contributed by atoms with E-state index in [9.17, 15) is 4.79 Å². The second-order valence-electron chi connectivity index (χ2n) is 3.07. The van der Waals surface area contributed by atoms with Crippen molar-refractivity contribution in [3.05, 3.63) is 36.3 Å². The summed E-state index contributed by atoms with van der Waals surface area (Å²) in [5, 5.41) is 11.7. The first-order chi connectivity index (χ1) is 8.27. The molecule has 0 fully saturated rings. The minimum atomic E-state index is -0.359. The predicted molar refractivity (Wildman–Crippen MR) is 62.5 cm³/mol. The van der Waals surface area contributed by atoms with Gasteiger partial charge >= 0.3 is 5.97 Å². The van der Waals surface area contributed by atoms with E-state index in [1.165, 1.54) is 6.20 Å². The molecule has 0 aliphatic carbocycles. The van der Waals surface area contributed by atoms with Gasteiger partial charge in [0.25, 0.3) is 0 Å². The lowest BCUT2D eigenvalue weighted by Gasteiger charge is -2.02. The van der Waals surface area contributed by atoms with E-state index in [4.69, 9.17) is 10.00 Å². The normalized spacial score (nSPS) is 10.5. The molecular weight excluding hydrogens is 218 g/mol. The van der Waals surface area contributed by atoms with Gasteiger partial charge in [0.05, 0.1) is 17.9 Å². The number of hydrogen-bond acceptors (Lipinski definition) is 5. The highest BCUT2D eigenvalue weighted by atomic mass is 16.5. The Morgan fingerprint density at radius 3 is 3.06 bits per heavy atom. The number of allylic oxidation sites excluding steroid dienone is 1. The lowest BCUT2D eigenvalue weighted by Crippen LogP contribution is -2.20. The Morgan fingerprint density at radius 1 is 1.65 bits per heavy atom. The van der Waals surface area contributed by atoms with Crippen molar-refractivity contribution in [3.63, 3.8) is 0 Å².